The zero-order valence-corrected chi connectivity index (χ0v) is 11.7. The highest BCUT2D eigenvalue weighted by Gasteiger charge is 2.65. The van der Waals surface area contributed by atoms with Crippen LogP contribution in [0.4, 0.5) is 0 Å². The molecule has 0 heterocycles. The zero-order chi connectivity index (χ0) is 14.7. The molecule has 0 aromatic rings. The Hall–Kier alpha value is -1.68. The summed E-state index contributed by atoms with van der Waals surface area (Å²) in [6.07, 6.45) is 5.17. The number of carboxylic acids is 1. The van der Waals surface area contributed by atoms with Gasteiger partial charge in [0.2, 0.25) is 0 Å². The van der Waals surface area contributed by atoms with Crippen molar-refractivity contribution in [2.24, 2.45) is 10.8 Å². The third-order valence-electron chi connectivity index (χ3n) is 5.31. The average Bonchev–Trinajstić information content (AvgIpc) is 3.08. The molecule has 0 aromatic heterocycles. The highest BCUT2D eigenvalue weighted by molar-refractivity contribution is 6.09. The highest BCUT2D eigenvalue weighted by atomic mass is 16.4. The van der Waals surface area contributed by atoms with E-state index in [1.165, 1.54) is 0 Å². The predicted molar refractivity (Wildman–Crippen MR) is 73.0 cm³/mol. The molecule has 0 saturated heterocycles. The third kappa shape index (κ3) is 1.45. The van der Waals surface area contributed by atoms with Crippen molar-refractivity contribution in [1.82, 2.24) is 0 Å². The minimum absolute atomic E-state index is 0.0855. The maximum Gasteiger partial charge on any atom is 0.304 e. The largest absolute Gasteiger partial charge is 0.481 e. The molecule has 0 unspecified atom stereocenters. The highest BCUT2D eigenvalue weighted by Crippen LogP contribution is 2.69. The normalized spacial score (nSPS) is 30.2. The van der Waals surface area contributed by atoms with Crippen LogP contribution in [-0.2, 0) is 9.59 Å². The molecule has 20 heavy (non-hydrogen) atoms. The van der Waals surface area contributed by atoms with Crippen molar-refractivity contribution in [3.63, 3.8) is 0 Å². The number of fused-ring (bicyclic) bond motifs is 1. The fourth-order valence-corrected chi connectivity index (χ4v) is 3.95. The Balaban J connectivity index is 2.17. The van der Waals surface area contributed by atoms with Gasteiger partial charge in [-0.1, -0.05) is 12.5 Å². The molecule has 0 aliphatic heterocycles. The van der Waals surface area contributed by atoms with Crippen LogP contribution in [0.15, 0.2) is 34.4 Å². The van der Waals surface area contributed by atoms with Gasteiger partial charge in [0.1, 0.15) is 0 Å². The fourth-order valence-electron chi connectivity index (χ4n) is 3.95. The van der Waals surface area contributed by atoms with Crippen molar-refractivity contribution in [3.8, 4) is 0 Å². The van der Waals surface area contributed by atoms with Gasteiger partial charge in [0, 0.05) is 11.0 Å². The maximum absolute atomic E-state index is 12.8. The molecule has 3 rings (SSSR count). The van der Waals surface area contributed by atoms with E-state index in [-0.39, 0.29) is 24.2 Å². The molecule has 0 radical (unpaired) electrons. The van der Waals surface area contributed by atoms with Crippen LogP contribution < -0.4 is 0 Å². The number of ketones is 1. The molecule has 0 aromatic carbocycles. The predicted octanol–water partition coefficient (Wildman–Crippen LogP) is 2.01. The Kier molecular flexibility index (Phi) is 2.61. The van der Waals surface area contributed by atoms with Crippen molar-refractivity contribution < 1.29 is 19.8 Å². The van der Waals surface area contributed by atoms with Crippen LogP contribution in [0.5, 0.6) is 0 Å². The van der Waals surface area contributed by atoms with Crippen molar-refractivity contribution in [3.05, 3.63) is 34.4 Å². The lowest BCUT2D eigenvalue weighted by Gasteiger charge is -2.41. The number of allylic oxidation sites excluding steroid dienone is 4. The number of aliphatic hydroxyl groups excluding tert-OH is 1. The first-order chi connectivity index (χ1) is 9.35. The molecule has 4 nitrogen and oxygen atoms in total. The molecule has 2 N–H and O–H groups in total. The quantitative estimate of drug-likeness (QED) is 0.825. The molecule has 3 aliphatic carbocycles. The van der Waals surface area contributed by atoms with Crippen LogP contribution >= 0.6 is 0 Å². The number of carbonyl (C=O) groups is 2. The molecule has 3 aliphatic rings. The number of hydrogen-bond acceptors (Lipinski definition) is 3. The summed E-state index contributed by atoms with van der Waals surface area (Å²) < 4.78 is 0. The van der Waals surface area contributed by atoms with Gasteiger partial charge in [-0.2, -0.15) is 0 Å². The van der Waals surface area contributed by atoms with Crippen LogP contribution in [0, 0.1) is 10.8 Å². The molecule has 106 valence electrons. The zero-order valence-electron chi connectivity index (χ0n) is 11.7. The van der Waals surface area contributed by atoms with E-state index in [1.54, 1.807) is 13.0 Å². The van der Waals surface area contributed by atoms with Gasteiger partial charge in [-0.05, 0) is 43.1 Å². The van der Waals surface area contributed by atoms with Gasteiger partial charge >= 0.3 is 5.97 Å². The van der Waals surface area contributed by atoms with Gasteiger partial charge < -0.3 is 10.2 Å². The first-order valence-corrected chi connectivity index (χ1v) is 6.87. The monoisotopic (exact) mass is 274 g/mol. The van der Waals surface area contributed by atoms with Crippen LogP contribution in [0.2, 0.25) is 0 Å². The molecule has 1 fully saturated rings. The lowest BCUT2D eigenvalue weighted by Crippen LogP contribution is -2.44. The number of aliphatic hydroxyl groups is 1. The van der Waals surface area contributed by atoms with Crippen molar-refractivity contribution in [2.45, 2.75) is 33.1 Å². The van der Waals surface area contributed by atoms with E-state index >= 15 is 0 Å². The van der Waals surface area contributed by atoms with Crippen LogP contribution in [0.25, 0.3) is 0 Å². The molecule has 1 spiro atoms. The van der Waals surface area contributed by atoms with Crippen LogP contribution in [0.1, 0.15) is 33.1 Å². The van der Waals surface area contributed by atoms with Crippen molar-refractivity contribution in [2.75, 3.05) is 6.61 Å². The molecule has 4 heteroatoms. The molecule has 1 atom stereocenters. The van der Waals surface area contributed by atoms with E-state index in [0.29, 0.717) is 5.57 Å². The number of Topliss-reactive ketones (excluding diaryl/α,β-unsaturated/α-hetero) is 1. The Morgan fingerprint density at radius 2 is 2.00 bits per heavy atom. The summed E-state index contributed by atoms with van der Waals surface area (Å²) in [5, 5.41) is 18.5. The van der Waals surface area contributed by atoms with Gasteiger partial charge in [0.05, 0.1) is 18.4 Å². The van der Waals surface area contributed by atoms with Gasteiger partial charge in [0.15, 0.2) is 5.78 Å². The standard InChI is InChI=1S/C16H18O4/c1-9-11-5-10(8-17)6-12(11)14(20)15(2,7-13(18)19)16(9)3-4-16/h5-6,17H,3-4,7-8H2,1-2H3,(H,18,19)/t15-/m0/s1. The van der Waals surface area contributed by atoms with E-state index in [0.717, 1.165) is 29.6 Å². The fraction of sp³-hybridized carbons (Fsp3) is 0.500. The summed E-state index contributed by atoms with van der Waals surface area (Å²) in [6, 6.07) is 0. The second-order valence-electron chi connectivity index (χ2n) is 6.29. The number of hydrogen-bond donors (Lipinski definition) is 2. The van der Waals surface area contributed by atoms with E-state index in [2.05, 4.69) is 0 Å². The summed E-state index contributed by atoms with van der Waals surface area (Å²) in [4.78, 5) is 24.1. The Morgan fingerprint density at radius 3 is 2.50 bits per heavy atom. The van der Waals surface area contributed by atoms with Gasteiger partial charge in [-0.3, -0.25) is 9.59 Å². The van der Waals surface area contributed by atoms with Crippen molar-refractivity contribution in [1.29, 1.82) is 0 Å². The SMILES string of the molecule is CC1=C2C=C(CO)C=C2C(=O)[C@](C)(CC(=O)O)C12CC2. The van der Waals surface area contributed by atoms with Gasteiger partial charge in [0.25, 0.3) is 0 Å². The second kappa shape index (κ2) is 3.92. The van der Waals surface area contributed by atoms with Gasteiger partial charge in [-0.15, -0.1) is 0 Å². The van der Waals surface area contributed by atoms with Crippen molar-refractivity contribution >= 4 is 11.8 Å². The van der Waals surface area contributed by atoms with Gasteiger partial charge in [-0.25, -0.2) is 0 Å². The van der Waals surface area contributed by atoms with Crippen LogP contribution in [-0.4, -0.2) is 28.6 Å². The lowest BCUT2D eigenvalue weighted by molar-refractivity contribution is -0.145. The smallest absolute Gasteiger partial charge is 0.304 e. The summed E-state index contributed by atoms with van der Waals surface area (Å²) >= 11 is 0. The number of carbonyl (C=O) groups excluding carboxylic acids is 1. The topological polar surface area (TPSA) is 74.6 Å². The first-order valence-electron chi connectivity index (χ1n) is 6.87. The lowest BCUT2D eigenvalue weighted by atomic mass is 9.59. The van der Waals surface area contributed by atoms with E-state index in [9.17, 15) is 19.8 Å². The summed E-state index contributed by atoms with van der Waals surface area (Å²) in [5.41, 5.74) is 2.15. The maximum atomic E-state index is 12.8. The molecule has 0 bridgehead atoms. The minimum Gasteiger partial charge on any atom is -0.481 e. The average molecular weight is 274 g/mol. The Morgan fingerprint density at radius 1 is 1.35 bits per heavy atom. The second-order valence-corrected chi connectivity index (χ2v) is 6.29. The third-order valence-corrected chi connectivity index (χ3v) is 5.31. The van der Waals surface area contributed by atoms with E-state index in [1.807, 2.05) is 13.0 Å². The first kappa shape index (κ1) is 13.3. The summed E-state index contributed by atoms with van der Waals surface area (Å²) in [7, 11) is 0. The van der Waals surface area contributed by atoms with E-state index < -0.39 is 11.4 Å². The molecular formula is C16H18O4. The number of rotatable bonds is 3. The number of carboxylic acid groups (broad SMARTS) is 1. The van der Waals surface area contributed by atoms with Crippen LogP contribution in [0.3, 0.4) is 0 Å². The molecule has 1 saturated carbocycles. The minimum atomic E-state index is -0.933. The summed E-state index contributed by atoms with van der Waals surface area (Å²) in [5.74, 6) is -1.02. The number of aliphatic carboxylic acids is 1. The Labute approximate surface area is 117 Å². The molecular weight excluding hydrogens is 256 g/mol. The summed E-state index contributed by atoms with van der Waals surface area (Å²) in [6.45, 7) is 3.68. The Bertz CT molecular complexity index is 616. The van der Waals surface area contributed by atoms with E-state index in [4.69, 9.17) is 0 Å². The molecule has 0 amide bonds.